The lowest BCUT2D eigenvalue weighted by molar-refractivity contribution is 0.0929. The largest absolute Gasteiger partial charge is 0.467 e. The average molecular weight is 273 g/mol. The smallest absolute Gasteiger partial charge is 0.129 e. The third-order valence-electron chi connectivity index (χ3n) is 3.08. The van der Waals surface area contributed by atoms with Gasteiger partial charge in [-0.05, 0) is 36.2 Å². The van der Waals surface area contributed by atoms with Crippen LogP contribution in [0.25, 0.3) is 0 Å². The maximum absolute atomic E-state index is 5.61. The van der Waals surface area contributed by atoms with Crippen LogP contribution in [0.1, 0.15) is 30.7 Å². The Morgan fingerprint density at radius 1 is 1.05 bits per heavy atom. The molecule has 1 N–H and O–H groups in total. The van der Waals surface area contributed by atoms with Gasteiger partial charge in [-0.2, -0.15) is 0 Å². The summed E-state index contributed by atoms with van der Waals surface area (Å²) >= 11 is 0. The molecule has 0 amide bonds. The molecule has 0 aliphatic rings. The number of benzene rings is 1. The summed E-state index contributed by atoms with van der Waals surface area (Å²) in [6.07, 6.45) is 2.73. The van der Waals surface area contributed by atoms with Crippen molar-refractivity contribution in [3.63, 3.8) is 0 Å². The third kappa shape index (κ3) is 5.19. The first-order chi connectivity index (χ1) is 9.74. The van der Waals surface area contributed by atoms with Crippen LogP contribution in [0.15, 0.2) is 47.1 Å². The second kappa shape index (κ2) is 7.88. The summed E-state index contributed by atoms with van der Waals surface area (Å²) in [5, 5.41) is 3.42. The molecule has 1 aromatic carbocycles. The number of rotatable bonds is 8. The molecule has 0 unspecified atom stereocenters. The van der Waals surface area contributed by atoms with Gasteiger partial charge < -0.3 is 14.5 Å². The molecule has 0 atom stereocenters. The van der Waals surface area contributed by atoms with Crippen LogP contribution < -0.4 is 5.32 Å². The molecular weight excluding hydrogens is 250 g/mol. The number of ether oxygens (including phenoxy) is 1. The van der Waals surface area contributed by atoms with Crippen LogP contribution in [-0.2, 0) is 24.4 Å². The molecule has 2 rings (SSSR count). The molecule has 0 saturated carbocycles. The highest BCUT2D eigenvalue weighted by Crippen LogP contribution is 2.08. The Kier molecular flexibility index (Phi) is 5.84. The highest BCUT2D eigenvalue weighted by molar-refractivity contribution is 5.22. The van der Waals surface area contributed by atoms with Gasteiger partial charge >= 0.3 is 0 Å². The Bertz CT molecular complexity index is 474. The van der Waals surface area contributed by atoms with Gasteiger partial charge in [0.2, 0.25) is 0 Å². The lowest BCUT2D eigenvalue weighted by atomic mass is 10.1. The van der Waals surface area contributed by atoms with Crippen LogP contribution in [0, 0.1) is 0 Å². The summed E-state index contributed by atoms with van der Waals surface area (Å²) in [4.78, 5) is 0. The zero-order valence-corrected chi connectivity index (χ0v) is 12.3. The molecule has 1 heterocycles. The predicted octanol–water partition coefficient (Wildman–Crippen LogP) is 3.54. The van der Waals surface area contributed by atoms with E-state index in [-0.39, 0.29) is 0 Å². The molecular formula is C17H23NO2. The normalized spacial score (nSPS) is 11.2. The van der Waals surface area contributed by atoms with E-state index in [0.717, 1.165) is 18.7 Å². The van der Waals surface area contributed by atoms with Gasteiger partial charge in [0, 0.05) is 6.04 Å². The molecule has 0 aliphatic heterocycles. The van der Waals surface area contributed by atoms with Gasteiger partial charge in [0.25, 0.3) is 0 Å². The summed E-state index contributed by atoms with van der Waals surface area (Å²) in [6.45, 7) is 6.49. The fourth-order valence-electron chi connectivity index (χ4n) is 1.97. The van der Waals surface area contributed by atoms with Crippen LogP contribution in [0.2, 0.25) is 0 Å². The van der Waals surface area contributed by atoms with Gasteiger partial charge in [-0.3, -0.25) is 0 Å². The molecule has 108 valence electrons. The van der Waals surface area contributed by atoms with E-state index >= 15 is 0 Å². The second-order valence-electron chi connectivity index (χ2n) is 5.25. The molecule has 0 spiro atoms. The maximum atomic E-state index is 5.61. The minimum atomic E-state index is 0.521. The van der Waals surface area contributed by atoms with Gasteiger partial charge in [0.15, 0.2) is 0 Å². The molecule has 0 fully saturated rings. The SMILES string of the molecule is CC(C)NCCc1ccc(COCc2ccco2)cc1. The highest BCUT2D eigenvalue weighted by atomic mass is 16.5. The molecule has 0 aliphatic carbocycles. The molecule has 2 aromatic rings. The Balaban J connectivity index is 1.71. The van der Waals surface area contributed by atoms with Crippen molar-refractivity contribution in [3.05, 3.63) is 59.5 Å². The van der Waals surface area contributed by atoms with Crippen molar-refractivity contribution in [1.29, 1.82) is 0 Å². The van der Waals surface area contributed by atoms with Gasteiger partial charge in [-0.1, -0.05) is 38.1 Å². The van der Waals surface area contributed by atoms with Crippen molar-refractivity contribution >= 4 is 0 Å². The Labute approximate surface area is 121 Å². The topological polar surface area (TPSA) is 34.4 Å². The molecule has 0 saturated heterocycles. The number of furan rings is 1. The highest BCUT2D eigenvalue weighted by Gasteiger charge is 1.99. The van der Waals surface area contributed by atoms with E-state index < -0.39 is 0 Å². The molecule has 0 bridgehead atoms. The van der Waals surface area contributed by atoms with Gasteiger partial charge in [0.05, 0.1) is 12.9 Å². The lowest BCUT2D eigenvalue weighted by Gasteiger charge is -2.08. The van der Waals surface area contributed by atoms with Crippen molar-refractivity contribution < 1.29 is 9.15 Å². The number of hydrogen-bond acceptors (Lipinski definition) is 3. The summed E-state index contributed by atoms with van der Waals surface area (Å²) < 4.78 is 10.8. The number of hydrogen-bond donors (Lipinski definition) is 1. The lowest BCUT2D eigenvalue weighted by Crippen LogP contribution is -2.24. The van der Waals surface area contributed by atoms with E-state index in [1.807, 2.05) is 12.1 Å². The molecule has 3 nitrogen and oxygen atoms in total. The quantitative estimate of drug-likeness (QED) is 0.799. The van der Waals surface area contributed by atoms with Crippen LogP contribution >= 0.6 is 0 Å². The van der Waals surface area contributed by atoms with E-state index in [9.17, 15) is 0 Å². The van der Waals surface area contributed by atoms with E-state index in [0.29, 0.717) is 19.3 Å². The summed E-state index contributed by atoms with van der Waals surface area (Å²) in [5.41, 5.74) is 2.55. The molecule has 3 heteroatoms. The minimum Gasteiger partial charge on any atom is -0.467 e. The van der Waals surface area contributed by atoms with Crippen LogP contribution in [-0.4, -0.2) is 12.6 Å². The van der Waals surface area contributed by atoms with Crippen molar-refractivity contribution in [2.24, 2.45) is 0 Å². The first-order valence-electron chi connectivity index (χ1n) is 7.15. The third-order valence-corrected chi connectivity index (χ3v) is 3.08. The standard InChI is InChI=1S/C17H23NO2/c1-14(2)18-10-9-15-5-7-16(8-6-15)12-19-13-17-4-3-11-20-17/h3-8,11,14,18H,9-10,12-13H2,1-2H3. The van der Waals surface area contributed by atoms with Gasteiger partial charge in [0.1, 0.15) is 12.4 Å². The van der Waals surface area contributed by atoms with Crippen LogP contribution in [0.4, 0.5) is 0 Å². The first-order valence-corrected chi connectivity index (χ1v) is 7.15. The Morgan fingerprint density at radius 2 is 1.80 bits per heavy atom. The van der Waals surface area contributed by atoms with Crippen molar-refractivity contribution in [1.82, 2.24) is 5.32 Å². The Morgan fingerprint density at radius 3 is 2.45 bits per heavy atom. The van der Waals surface area contributed by atoms with Gasteiger partial charge in [-0.25, -0.2) is 0 Å². The van der Waals surface area contributed by atoms with E-state index in [1.54, 1.807) is 6.26 Å². The van der Waals surface area contributed by atoms with E-state index in [2.05, 4.69) is 43.4 Å². The predicted molar refractivity (Wildman–Crippen MR) is 80.5 cm³/mol. The summed E-state index contributed by atoms with van der Waals surface area (Å²) in [5.74, 6) is 0.862. The summed E-state index contributed by atoms with van der Waals surface area (Å²) in [6, 6.07) is 13.0. The zero-order valence-electron chi connectivity index (χ0n) is 12.3. The van der Waals surface area contributed by atoms with Crippen LogP contribution in [0.3, 0.4) is 0 Å². The summed E-state index contributed by atoms with van der Waals surface area (Å²) in [7, 11) is 0. The fourth-order valence-corrected chi connectivity index (χ4v) is 1.97. The monoisotopic (exact) mass is 273 g/mol. The fraction of sp³-hybridized carbons (Fsp3) is 0.412. The zero-order chi connectivity index (χ0) is 14.2. The van der Waals surface area contributed by atoms with E-state index in [1.165, 1.54) is 11.1 Å². The van der Waals surface area contributed by atoms with Crippen molar-refractivity contribution in [2.45, 2.75) is 39.5 Å². The van der Waals surface area contributed by atoms with Crippen LogP contribution in [0.5, 0.6) is 0 Å². The Hall–Kier alpha value is -1.58. The average Bonchev–Trinajstić information content (AvgIpc) is 2.93. The molecule has 1 aromatic heterocycles. The maximum Gasteiger partial charge on any atom is 0.129 e. The second-order valence-corrected chi connectivity index (χ2v) is 5.25. The first kappa shape index (κ1) is 14.8. The number of nitrogens with one attached hydrogen (secondary N) is 1. The van der Waals surface area contributed by atoms with E-state index in [4.69, 9.17) is 9.15 Å². The van der Waals surface area contributed by atoms with Gasteiger partial charge in [-0.15, -0.1) is 0 Å². The van der Waals surface area contributed by atoms with Crippen molar-refractivity contribution in [3.8, 4) is 0 Å². The molecule has 20 heavy (non-hydrogen) atoms. The minimum absolute atomic E-state index is 0.521. The van der Waals surface area contributed by atoms with Crippen molar-refractivity contribution in [2.75, 3.05) is 6.54 Å². The molecule has 0 radical (unpaired) electrons.